The first-order chi connectivity index (χ1) is 25.9. The third-order valence-corrected chi connectivity index (χ3v) is 10.5. The van der Waals surface area contributed by atoms with Crippen LogP contribution in [-0.2, 0) is 36.9 Å². The lowest BCUT2D eigenvalue weighted by atomic mass is 9.97. The lowest BCUT2D eigenvalue weighted by Crippen LogP contribution is -2.30. The molecule has 0 bridgehead atoms. The van der Waals surface area contributed by atoms with Crippen molar-refractivity contribution in [1.29, 1.82) is 0 Å². The van der Waals surface area contributed by atoms with Gasteiger partial charge in [0, 0.05) is 41.0 Å². The molecular formula is C42H37ClN4O5S. The van der Waals surface area contributed by atoms with Crippen molar-refractivity contribution in [3.05, 3.63) is 183 Å². The molecule has 2 heterocycles. The highest BCUT2D eigenvalue weighted by atomic mass is 35.5. The quantitative estimate of drug-likeness (QED) is 0.101. The number of anilines is 1. The van der Waals surface area contributed by atoms with Crippen molar-refractivity contribution < 1.29 is 23.3 Å². The Bertz CT molecular complexity index is 2290. The number of aryl methyl sites for hydroxylation is 2. The first-order valence-corrected chi connectivity index (χ1v) is 18.8. The van der Waals surface area contributed by atoms with Gasteiger partial charge in [-0.05, 0) is 82.6 Å². The number of halogens is 1. The number of benzene rings is 5. The Morgan fingerprint density at radius 2 is 1.43 bits per heavy atom. The summed E-state index contributed by atoms with van der Waals surface area (Å²) >= 11 is 4.26. The average Bonchev–Trinajstić information content (AvgIpc) is 3.75. The third-order valence-electron chi connectivity index (χ3n) is 9.49. The van der Waals surface area contributed by atoms with Crippen molar-refractivity contribution >= 4 is 45.6 Å². The van der Waals surface area contributed by atoms with E-state index in [9.17, 15) is 18.7 Å². The van der Waals surface area contributed by atoms with Crippen molar-refractivity contribution in [3.8, 4) is 0 Å². The van der Waals surface area contributed by atoms with Gasteiger partial charge in [-0.15, -0.1) is 0 Å². The van der Waals surface area contributed by atoms with Crippen LogP contribution >= 0.6 is 11.6 Å². The molecule has 0 aliphatic heterocycles. The number of carbonyl (C=O) groups is 1. The molecule has 0 fully saturated rings. The largest absolute Gasteiger partial charge is 0.478 e. The van der Waals surface area contributed by atoms with Crippen molar-refractivity contribution in [1.82, 2.24) is 14.9 Å². The number of hydrogen-bond acceptors (Lipinski definition) is 5. The smallest absolute Gasteiger partial charge is 0.335 e. The molecule has 0 saturated heterocycles. The van der Waals surface area contributed by atoms with E-state index < -0.39 is 17.2 Å². The van der Waals surface area contributed by atoms with Crippen LogP contribution in [-0.4, -0.2) is 41.3 Å². The maximum atomic E-state index is 13.0. The van der Waals surface area contributed by atoms with E-state index in [0.717, 1.165) is 57.3 Å². The number of carboxylic acid groups (broad SMARTS) is 1. The van der Waals surface area contributed by atoms with Gasteiger partial charge < -0.3 is 9.67 Å². The van der Waals surface area contributed by atoms with Crippen LogP contribution in [0.4, 0.5) is 5.82 Å². The zero-order chi connectivity index (χ0) is 36.7. The van der Waals surface area contributed by atoms with Gasteiger partial charge in [-0.25, -0.2) is 17.9 Å². The summed E-state index contributed by atoms with van der Waals surface area (Å²) in [6.07, 6.45) is 2.96. The van der Waals surface area contributed by atoms with Crippen molar-refractivity contribution in [2.75, 3.05) is 10.8 Å². The minimum atomic E-state index is -2.43. The summed E-state index contributed by atoms with van der Waals surface area (Å²) in [5, 5.41) is 19.2. The van der Waals surface area contributed by atoms with Crippen LogP contribution in [0.3, 0.4) is 0 Å². The summed E-state index contributed by atoms with van der Waals surface area (Å²) in [7, 11) is 0. The maximum Gasteiger partial charge on any atom is 0.335 e. The minimum absolute atomic E-state index is 0.142. The van der Waals surface area contributed by atoms with Gasteiger partial charge in [0.1, 0.15) is 5.69 Å². The highest BCUT2D eigenvalue weighted by Gasteiger charge is 2.28. The summed E-state index contributed by atoms with van der Waals surface area (Å²) in [6.45, 7) is 0.142. The number of aromatic carboxylic acids is 1. The van der Waals surface area contributed by atoms with Crippen LogP contribution in [0.25, 0.3) is 10.9 Å². The second-order valence-corrected chi connectivity index (χ2v) is 14.2. The summed E-state index contributed by atoms with van der Waals surface area (Å²) in [5.74, 6) is -0.738. The van der Waals surface area contributed by atoms with E-state index in [2.05, 4.69) is 45.2 Å². The number of aromatic nitrogens is 3. The second kappa shape index (κ2) is 16.4. The Morgan fingerprint density at radius 3 is 2.06 bits per heavy atom. The highest BCUT2D eigenvalue weighted by molar-refractivity contribution is 7.80. The normalized spacial score (nSPS) is 12.0. The summed E-state index contributed by atoms with van der Waals surface area (Å²) in [4.78, 5) is 11.4. The second-order valence-electron chi connectivity index (χ2n) is 12.8. The van der Waals surface area contributed by atoms with Crippen LogP contribution in [0.15, 0.2) is 138 Å². The lowest BCUT2D eigenvalue weighted by molar-refractivity contribution is 0.0697. The highest BCUT2D eigenvalue weighted by Crippen LogP contribution is 2.38. The zero-order valence-corrected chi connectivity index (χ0v) is 30.3. The first-order valence-electron chi connectivity index (χ1n) is 17.3. The van der Waals surface area contributed by atoms with E-state index in [1.807, 2.05) is 91.0 Å². The molecule has 11 heteroatoms. The molecule has 0 spiro atoms. The van der Waals surface area contributed by atoms with Crippen LogP contribution in [0.5, 0.6) is 0 Å². The van der Waals surface area contributed by atoms with E-state index in [-0.39, 0.29) is 24.0 Å². The zero-order valence-electron chi connectivity index (χ0n) is 28.7. The molecular weight excluding hydrogens is 708 g/mol. The molecule has 0 amide bonds. The molecule has 268 valence electrons. The first kappa shape index (κ1) is 35.8. The fourth-order valence-electron chi connectivity index (χ4n) is 7.05. The van der Waals surface area contributed by atoms with Crippen molar-refractivity contribution in [3.63, 3.8) is 0 Å². The predicted octanol–water partition coefficient (Wildman–Crippen LogP) is 8.97. The number of fused-ring (bicyclic) bond motifs is 1. The summed E-state index contributed by atoms with van der Waals surface area (Å²) < 4.78 is 32.5. The van der Waals surface area contributed by atoms with Gasteiger partial charge in [-0.3, -0.25) is 4.55 Å². The van der Waals surface area contributed by atoms with Gasteiger partial charge in [0.15, 0.2) is 0 Å². The SMILES string of the molecule is O=C(O)c1ccc(CCCc2c(CCN(c3nonc3Cc3ccccc3)S(=O)O)n(C(c3ccccc3)c3ccccc3)c3ccc(Cl)cc23)cc1. The lowest BCUT2D eigenvalue weighted by Gasteiger charge is -2.26. The third kappa shape index (κ3) is 8.10. The van der Waals surface area contributed by atoms with Crippen molar-refractivity contribution in [2.24, 2.45) is 0 Å². The molecule has 2 N–H and O–H groups in total. The van der Waals surface area contributed by atoms with E-state index in [4.69, 9.17) is 16.2 Å². The van der Waals surface area contributed by atoms with Crippen LogP contribution in [0.2, 0.25) is 5.02 Å². The van der Waals surface area contributed by atoms with Gasteiger partial charge >= 0.3 is 5.97 Å². The molecule has 53 heavy (non-hydrogen) atoms. The van der Waals surface area contributed by atoms with E-state index in [1.165, 1.54) is 4.31 Å². The van der Waals surface area contributed by atoms with E-state index >= 15 is 0 Å². The Kier molecular flexibility index (Phi) is 11.1. The van der Waals surface area contributed by atoms with Gasteiger partial charge in [-0.2, -0.15) is 0 Å². The standard InChI is InChI=1S/C42H37ClN4O5S/c43-34-23-24-38-36(28-34)35(18-10-13-29-19-21-33(22-20-29)42(48)49)39(47(38)40(31-14-6-2-7-15-31)32-16-8-3-9-17-32)25-26-46(53(50)51)41-37(44-52-45-41)27-30-11-4-1-5-12-30/h1-9,11-12,14-17,19-24,28,40H,10,13,18,25-27H2,(H,48,49)(H,50,51). The van der Waals surface area contributed by atoms with Crippen LogP contribution in [0.1, 0.15) is 62.0 Å². The van der Waals surface area contributed by atoms with Crippen molar-refractivity contribution in [2.45, 2.75) is 38.1 Å². The summed E-state index contributed by atoms with van der Waals surface area (Å²) in [6, 6.07) is 43.0. The van der Waals surface area contributed by atoms with Gasteiger partial charge in [0.05, 0.1) is 11.6 Å². The molecule has 1 atom stereocenters. The Morgan fingerprint density at radius 1 is 0.792 bits per heavy atom. The van der Waals surface area contributed by atoms with E-state index in [0.29, 0.717) is 30.0 Å². The predicted molar refractivity (Wildman–Crippen MR) is 208 cm³/mol. The molecule has 5 aromatic carbocycles. The monoisotopic (exact) mass is 744 g/mol. The Labute approximate surface area is 314 Å². The average molecular weight is 745 g/mol. The number of hydrogen-bond donors (Lipinski definition) is 2. The maximum absolute atomic E-state index is 13.0. The number of rotatable bonds is 15. The van der Waals surface area contributed by atoms with E-state index in [1.54, 1.807) is 12.1 Å². The Hall–Kier alpha value is -5.55. The fraction of sp³-hybridized carbons (Fsp3) is 0.167. The number of carboxylic acids is 1. The molecule has 0 radical (unpaired) electrons. The Balaban J connectivity index is 1.32. The summed E-state index contributed by atoms with van der Waals surface area (Å²) in [5.41, 5.74) is 7.98. The molecule has 0 aliphatic carbocycles. The van der Waals surface area contributed by atoms with Gasteiger partial charge in [-0.1, -0.05) is 120 Å². The van der Waals surface area contributed by atoms with Gasteiger partial charge in [0.2, 0.25) is 5.82 Å². The molecule has 9 nitrogen and oxygen atoms in total. The van der Waals surface area contributed by atoms with Gasteiger partial charge in [0.25, 0.3) is 11.3 Å². The number of nitrogens with zero attached hydrogens (tertiary/aromatic N) is 4. The molecule has 7 rings (SSSR count). The minimum Gasteiger partial charge on any atom is -0.478 e. The molecule has 7 aromatic rings. The fourth-order valence-corrected chi connectivity index (χ4v) is 7.76. The molecule has 2 aromatic heterocycles. The molecule has 1 unspecified atom stereocenters. The molecule has 0 aliphatic rings. The topological polar surface area (TPSA) is 122 Å². The molecule has 0 saturated carbocycles. The van der Waals surface area contributed by atoms with Crippen LogP contribution in [0, 0.1) is 0 Å². The van der Waals surface area contributed by atoms with Crippen LogP contribution < -0.4 is 4.31 Å².